The number of nitriles is 1. The molecular weight excluding hydrogens is 254 g/mol. The summed E-state index contributed by atoms with van der Waals surface area (Å²) in [7, 11) is 0. The standard InChI is InChI=1S/C11H8BrN3/c1-8-4-5-14-11(10(8)12)15-6-2-3-9(15)7-13/h2-6H,1H3. The number of nitrogens with zero attached hydrogens (tertiary/aromatic N) is 3. The van der Waals surface area contributed by atoms with Crippen LogP contribution in [0.1, 0.15) is 11.3 Å². The lowest BCUT2D eigenvalue weighted by Gasteiger charge is -2.07. The Labute approximate surface area is 96.1 Å². The van der Waals surface area contributed by atoms with Crippen molar-refractivity contribution in [3.63, 3.8) is 0 Å². The molecule has 15 heavy (non-hydrogen) atoms. The maximum atomic E-state index is 8.91. The first kappa shape index (κ1) is 9.94. The van der Waals surface area contributed by atoms with E-state index in [2.05, 4.69) is 27.0 Å². The zero-order valence-electron chi connectivity index (χ0n) is 8.11. The average molecular weight is 262 g/mol. The normalized spacial score (nSPS) is 9.93. The smallest absolute Gasteiger partial charge is 0.152 e. The summed E-state index contributed by atoms with van der Waals surface area (Å²) in [6.45, 7) is 1.99. The highest BCUT2D eigenvalue weighted by molar-refractivity contribution is 9.10. The third-order valence-corrected chi connectivity index (χ3v) is 3.14. The summed E-state index contributed by atoms with van der Waals surface area (Å²) in [5, 5.41) is 8.91. The van der Waals surface area contributed by atoms with Crippen molar-refractivity contribution in [1.29, 1.82) is 5.26 Å². The molecule has 3 nitrogen and oxygen atoms in total. The number of aromatic nitrogens is 2. The van der Waals surface area contributed by atoms with Crippen molar-refractivity contribution in [2.75, 3.05) is 0 Å². The van der Waals surface area contributed by atoms with Gasteiger partial charge in [-0.1, -0.05) is 0 Å². The van der Waals surface area contributed by atoms with Crippen LogP contribution in [0, 0.1) is 18.3 Å². The molecule has 2 aromatic rings. The van der Waals surface area contributed by atoms with Crippen LogP contribution in [0.3, 0.4) is 0 Å². The minimum absolute atomic E-state index is 0.578. The van der Waals surface area contributed by atoms with Gasteiger partial charge in [-0.05, 0) is 46.6 Å². The van der Waals surface area contributed by atoms with Gasteiger partial charge < -0.3 is 0 Å². The first-order chi connectivity index (χ1) is 7.24. The fraction of sp³-hybridized carbons (Fsp3) is 0.0909. The van der Waals surface area contributed by atoms with E-state index in [1.165, 1.54) is 0 Å². The summed E-state index contributed by atoms with van der Waals surface area (Å²) in [6, 6.07) is 7.63. The first-order valence-electron chi connectivity index (χ1n) is 4.43. The fourth-order valence-electron chi connectivity index (χ4n) is 1.35. The molecule has 2 heterocycles. The first-order valence-corrected chi connectivity index (χ1v) is 5.22. The summed E-state index contributed by atoms with van der Waals surface area (Å²) in [4.78, 5) is 4.26. The lowest BCUT2D eigenvalue weighted by Crippen LogP contribution is -2.00. The number of pyridine rings is 1. The van der Waals surface area contributed by atoms with E-state index >= 15 is 0 Å². The van der Waals surface area contributed by atoms with E-state index in [1.54, 1.807) is 16.8 Å². The largest absolute Gasteiger partial charge is 0.292 e. The summed E-state index contributed by atoms with van der Waals surface area (Å²) < 4.78 is 2.68. The van der Waals surface area contributed by atoms with Crippen LogP contribution in [-0.4, -0.2) is 9.55 Å². The summed E-state index contributed by atoms with van der Waals surface area (Å²) in [5.74, 6) is 0.747. The molecule has 0 amide bonds. The van der Waals surface area contributed by atoms with E-state index < -0.39 is 0 Å². The summed E-state index contributed by atoms with van der Waals surface area (Å²) >= 11 is 3.47. The van der Waals surface area contributed by atoms with E-state index in [9.17, 15) is 0 Å². The van der Waals surface area contributed by atoms with Crippen LogP contribution in [0.25, 0.3) is 5.82 Å². The van der Waals surface area contributed by atoms with E-state index in [4.69, 9.17) is 5.26 Å². The van der Waals surface area contributed by atoms with Crippen LogP contribution in [0.2, 0.25) is 0 Å². The lowest BCUT2D eigenvalue weighted by atomic mass is 10.3. The number of rotatable bonds is 1. The molecule has 0 unspecified atom stereocenters. The molecule has 0 saturated heterocycles. The van der Waals surface area contributed by atoms with Gasteiger partial charge in [0, 0.05) is 12.4 Å². The lowest BCUT2D eigenvalue weighted by molar-refractivity contribution is 0.973. The quantitative estimate of drug-likeness (QED) is 0.792. The number of aryl methyl sites for hydroxylation is 1. The highest BCUT2D eigenvalue weighted by Crippen LogP contribution is 2.23. The topological polar surface area (TPSA) is 41.6 Å². The van der Waals surface area contributed by atoms with Gasteiger partial charge in [-0.15, -0.1) is 0 Å². The second kappa shape index (κ2) is 3.87. The van der Waals surface area contributed by atoms with Crippen molar-refractivity contribution in [2.45, 2.75) is 6.92 Å². The van der Waals surface area contributed by atoms with E-state index in [1.807, 2.05) is 25.3 Å². The Balaban J connectivity index is 2.65. The van der Waals surface area contributed by atoms with Crippen molar-refractivity contribution in [2.24, 2.45) is 0 Å². The Morgan fingerprint density at radius 2 is 2.27 bits per heavy atom. The Morgan fingerprint density at radius 1 is 1.47 bits per heavy atom. The molecule has 2 aromatic heterocycles. The predicted octanol–water partition coefficient (Wildman–Crippen LogP) is 2.81. The second-order valence-corrected chi connectivity index (χ2v) is 3.93. The van der Waals surface area contributed by atoms with Crippen molar-refractivity contribution in [3.05, 3.63) is 46.3 Å². The Bertz CT molecular complexity index is 537. The van der Waals surface area contributed by atoms with Crippen LogP contribution < -0.4 is 0 Å². The van der Waals surface area contributed by atoms with Gasteiger partial charge in [-0.2, -0.15) is 5.26 Å². The summed E-state index contributed by atoms with van der Waals surface area (Å²) in [5.41, 5.74) is 1.67. The third kappa shape index (κ3) is 1.66. The highest BCUT2D eigenvalue weighted by Gasteiger charge is 2.08. The molecule has 0 aliphatic carbocycles. The molecule has 0 aliphatic heterocycles. The van der Waals surface area contributed by atoms with Crippen molar-refractivity contribution >= 4 is 15.9 Å². The molecule has 0 fully saturated rings. The van der Waals surface area contributed by atoms with Gasteiger partial charge in [0.25, 0.3) is 0 Å². The van der Waals surface area contributed by atoms with Gasteiger partial charge in [0.05, 0.1) is 4.47 Å². The minimum atomic E-state index is 0.578. The summed E-state index contributed by atoms with van der Waals surface area (Å²) in [6.07, 6.45) is 3.56. The van der Waals surface area contributed by atoms with Gasteiger partial charge in [-0.25, -0.2) is 4.98 Å². The zero-order chi connectivity index (χ0) is 10.8. The van der Waals surface area contributed by atoms with Gasteiger partial charge in [-0.3, -0.25) is 4.57 Å². The van der Waals surface area contributed by atoms with Crippen LogP contribution in [0.4, 0.5) is 0 Å². The molecule has 0 bridgehead atoms. The van der Waals surface area contributed by atoms with E-state index in [0.717, 1.165) is 15.9 Å². The van der Waals surface area contributed by atoms with E-state index in [-0.39, 0.29) is 0 Å². The molecule has 0 atom stereocenters. The molecule has 74 valence electrons. The second-order valence-electron chi connectivity index (χ2n) is 3.14. The van der Waals surface area contributed by atoms with Crippen LogP contribution >= 0.6 is 15.9 Å². The number of hydrogen-bond donors (Lipinski definition) is 0. The third-order valence-electron chi connectivity index (χ3n) is 2.16. The van der Waals surface area contributed by atoms with Crippen molar-refractivity contribution in [1.82, 2.24) is 9.55 Å². The number of halogens is 1. The maximum Gasteiger partial charge on any atom is 0.152 e. The van der Waals surface area contributed by atoms with Crippen molar-refractivity contribution in [3.8, 4) is 11.9 Å². The minimum Gasteiger partial charge on any atom is -0.292 e. The van der Waals surface area contributed by atoms with Crippen LogP contribution in [0.15, 0.2) is 35.1 Å². The number of hydrogen-bond acceptors (Lipinski definition) is 2. The molecule has 0 saturated carbocycles. The van der Waals surface area contributed by atoms with Crippen molar-refractivity contribution < 1.29 is 0 Å². The van der Waals surface area contributed by atoms with Crippen LogP contribution in [-0.2, 0) is 0 Å². The van der Waals surface area contributed by atoms with E-state index in [0.29, 0.717) is 5.69 Å². The maximum absolute atomic E-state index is 8.91. The predicted molar refractivity (Wildman–Crippen MR) is 60.7 cm³/mol. The molecule has 0 radical (unpaired) electrons. The molecule has 0 N–H and O–H groups in total. The molecule has 0 spiro atoms. The van der Waals surface area contributed by atoms with Gasteiger partial charge in [0.2, 0.25) is 0 Å². The monoisotopic (exact) mass is 261 g/mol. The fourth-order valence-corrected chi connectivity index (χ4v) is 1.78. The SMILES string of the molecule is Cc1ccnc(-n2cccc2C#N)c1Br. The van der Waals surface area contributed by atoms with Gasteiger partial charge in [0.15, 0.2) is 5.82 Å². The highest BCUT2D eigenvalue weighted by atomic mass is 79.9. The average Bonchev–Trinajstić information content (AvgIpc) is 2.70. The zero-order valence-corrected chi connectivity index (χ0v) is 9.69. The van der Waals surface area contributed by atoms with Crippen LogP contribution in [0.5, 0.6) is 0 Å². The molecule has 0 aromatic carbocycles. The van der Waals surface area contributed by atoms with Gasteiger partial charge >= 0.3 is 0 Å². The molecular formula is C11H8BrN3. The molecule has 2 rings (SSSR count). The van der Waals surface area contributed by atoms with Gasteiger partial charge in [0.1, 0.15) is 11.8 Å². The Morgan fingerprint density at radius 3 is 3.00 bits per heavy atom. The molecule has 4 heteroatoms. The Hall–Kier alpha value is -1.60. The molecule has 0 aliphatic rings. The Kier molecular flexibility index (Phi) is 2.57.